The van der Waals surface area contributed by atoms with E-state index in [-0.39, 0.29) is 5.91 Å². The van der Waals surface area contributed by atoms with Gasteiger partial charge in [-0.15, -0.1) is 11.3 Å². The summed E-state index contributed by atoms with van der Waals surface area (Å²) < 4.78 is 1.55. The van der Waals surface area contributed by atoms with Gasteiger partial charge in [0.15, 0.2) is 5.82 Å². The van der Waals surface area contributed by atoms with E-state index in [0.29, 0.717) is 24.5 Å². The van der Waals surface area contributed by atoms with Crippen LogP contribution in [0.2, 0.25) is 5.02 Å². The minimum Gasteiger partial charge on any atom is -0.336 e. The molecule has 0 radical (unpaired) electrons. The summed E-state index contributed by atoms with van der Waals surface area (Å²) in [4.78, 5) is 28.0. The number of rotatable bonds is 5. The lowest BCUT2D eigenvalue weighted by molar-refractivity contribution is 0.0629. The van der Waals surface area contributed by atoms with Crippen LogP contribution in [0.3, 0.4) is 0 Å². The summed E-state index contributed by atoms with van der Waals surface area (Å²) in [6, 6.07) is 15.7. The van der Waals surface area contributed by atoms with Crippen LogP contribution in [0.25, 0.3) is 16.3 Å². The number of thiophene rings is 1. The standard InChI is InChI=1S/C23H21ClN6OS/c24-20-4-2-1-3-19(20)21-6-5-18(32-21)14-28-9-11-29(12-10-28)23(31)17-7-8-26-22(13-17)30-16-25-15-27-30/h1-8,13,15-16H,9-12,14H2. The molecule has 0 bridgehead atoms. The van der Waals surface area contributed by atoms with Crippen LogP contribution in [0.1, 0.15) is 15.2 Å². The third kappa shape index (κ3) is 4.43. The molecule has 1 saturated heterocycles. The molecule has 1 aliphatic rings. The molecule has 0 spiro atoms. The number of benzene rings is 1. The molecular weight excluding hydrogens is 444 g/mol. The Hall–Kier alpha value is -3.07. The largest absolute Gasteiger partial charge is 0.336 e. The van der Waals surface area contributed by atoms with Gasteiger partial charge in [0.05, 0.1) is 0 Å². The Bertz CT molecular complexity index is 1220. The summed E-state index contributed by atoms with van der Waals surface area (Å²) in [5.41, 5.74) is 1.69. The number of hydrogen-bond acceptors (Lipinski definition) is 6. The Morgan fingerprint density at radius 3 is 2.69 bits per heavy atom. The molecule has 0 unspecified atom stereocenters. The first-order valence-electron chi connectivity index (χ1n) is 10.3. The summed E-state index contributed by atoms with van der Waals surface area (Å²) >= 11 is 8.11. The van der Waals surface area contributed by atoms with Crippen molar-refractivity contribution in [2.75, 3.05) is 26.2 Å². The number of pyridine rings is 1. The van der Waals surface area contributed by atoms with E-state index in [2.05, 4.69) is 38.2 Å². The summed E-state index contributed by atoms with van der Waals surface area (Å²) in [7, 11) is 0. The topological polar surface area (TPSA) is 67.2 Å². The zero-order valence-corrected chi connectivity index (χ0v) is 18.8. The van der Waals surface area contributed by atoms with E-state index < -0.39 is 0 Å². The number of halogens is 1. The van der Waals surface area contributed by atoms with E-state index in [9.17, 15) is 4.79 Å². The molecule has 162 valence electrons. The summed E-state index contributed by atoms with van der Waals surface area (Å²) in [5.74, 6) is 0.601. The quantitative estimate of drug-likeness (QED) is 0.446. The molecule has 4 aromatic rings. The predicted octanol–water partition coefficient (Wildman–Crippen LogP) is 4.00. The van der Waals surface area contributed by atoms with Crippen molar-refractivity contribution in [1.29, 1.82) is 0 Å². The third-order valence-corrected chi connectivity index (χ3v) is 6.92. The molecule has 7 nitrogen and oxygen atoms in total. The molecule has 0 atom stereocenters. The molecule has 4 heterocycles. The van der Waals surface area contributed by atoms with Gasteiger partial charge in [0, 0.05) is 64.8 Å². The van der Waals surface area contributed by atoms with Crippen LogP contribution in [-0.4, -0.2) is 61.6 Å². The van der Waals surface area contributed by atoms with Crippen molar-refractivity contribution in [3.8, 4) is 16.3 Å². The van der Waals surface area contributed by atoms with Crippen molar-refractivity contribution in [3.63, 3.8) is 0 Å². The molecule has 5 rings (SSSR count). The Morgan fingerprint density at radius 1 is 1.06 bits per heavy atom. The maximum absolute atomic E-state index is 13.0. The average Bonchev–Trinajstić information content (AvgIpc) is 3.52. The molecule has 1 fully saturated rings. The van der Waals surface area contributed by atoms with Crippen LogP contribution < -0.4 is 0 Å². The highest BCUT2D eigenvalue weighted by molar-refractivity contribution is 7.15. The maximum Gasteiger partial charge on any atom is 0.254 e. The average molecular weight is 465 g/mol. The number of hydrogen-bond donors (Lipinski definition) is 0. The fourth-order valence-electron chi connectivity index (χ4n) is 3.78. The fourth-order valence-corrected chi connectivity index (χ4v) is 5.17. The van der Waals surface area contributed by atoms with Crippen molar-refractivity contribution in [2.45, 2.75) is 6.54 Å². The molecule has 0 N–H and O–H groups in total. The van der Waals surface area contributed by atoms with Crippen LogP contribution in [0.4, 0.5) is 0 Å². The SMILES string of the molecule is O=C(c1ccnc(-n2cncn2)c1)N1CCN(Cc2ccc(-c3ccccc3Cl)s2)CC1. The Labute approximate surface area is 194 Å². The van der Waals surface area contributed by atoms with E-state index in [1.54, 1.807) is 40.7 Å². The zero-order valence-electron chi connectivity index (χ0n) is 17.3. The van der Waals surface area contributed by atoms with E-state index in [0.717, 1.165) is 30.2 Å². The first-order valence-corrected chi connectivity index (χ1v) is 11.5. The second-order valence-corrected chi connectivity index (χ2v) is 9.13. The monoisotopic (exact) mass is 464 g/mol. The number of nitrogens with zero attached hydrogens (tertiary/aromatic N) is 6. The second-order valence-electron chi connectivity index (χ2n) is 7.56. The highest BCUT2D eigenvalue weighted by Crippen LogP contribution is 2.33. The first-order chi connectivity index (χ1) is 15.7. The van der Waals surface area contributed by atoms with Gasteiger partial charge in [-0.3, -0.25) is 9.69 Å². The minimum absolute atomic E-state index is 0.0190. The molecular formula is C23H21ClN6OS. The van der Waals surface area contributed by atoms with Crippen LogP contribution in [0, 0.1) is 0 Å². The van der Waals surface area contributed by atoms with Crippen molar-refractivity contribution < 1.29 is 4.79 Å². The van der Waals surface area contributed by atoms with Crippen LogP contribution >= 0.6 is 22.9 Å². The highest BCUT2D eigenvalue weighted by atomic mass is 35.5. The van der Waals surface area contributed by atoms with Gasteiger partial charge in [-0.2, -0.15) is 5.10 Å². The van der Waals surface area contributed by atoms with Crippen molar-refractivity contribution in [3.05, 3.63) is 82.8 Å². The van der Waals surface area contributed by atoms with E-state index >= 15 is 0 Å². The van der Waals surface area contributed by atoms with E-state index in [4.69, 9.17) is 11.6 Å². The molecule has 1 aromatic carbocycles. The van der Waals surface area contributed by atoms with Gasteiger partial charge < -0.3 is 4.90 Å². The number of carbonyl (C=O) groups excluding carboxylic acids is 1. The van der Waals surface area contributed by atoms with Gasteiger partial charge in [-0.05, 0) is 30.3 Å². The number of amides is 1. The van der Waals surface area contributed by atoms with Crippen molar-refractivity contribution in [2.24, 2.45) is 0 Å². The summed E-state index contributed by atoms with van der Waals surface area (Å²) in [6.45, 7) is 3.95. The summed E-state index contributed by atoms with van der Waals surface area (Å²) in [6.07, 6.45) is 4.64. The Balaban J connectivity index is 1.19. The molecule has 9 heteroatoms. The summed E-state index contributed by atoms with van der Waals surface area (Å²) in [5, 5.41) is 4.85. The van der Waals surface area contributed by atoms with Gasteiger partial charge in [-0.25, -0.2) is 14.6 Å². The molecule has 32 heavy (non-hydrogen) atoms. The maximum atomic E-state index is 13.0. The lowest BCUT2D eigenvalue weighted by Gasteiger charge is -2.34. The number of aromatic nitrogens is 4. The molecule has 0 aliphatic carbocycles. The minimum atomic E-state index is 0.0190. The van der Waals surface area contributed by atoms with Crippen LogP contribution in [-0.2, 0) is 6.54 Å². The molecule has 1 aliphatic heterocycles. The normalized spacial score (nSPS) is 14.6. The Kier molecular flexibility index (Phi) is 5.98. The Morgan fingerprint density at radius 2 is 1.91 bits per heavy atom. The van der Waals surface area contributed by atoms with Crippen LogP contribution in [0.15, 0.2) is 67.4 Å². The zero-order chi connectivity index (χ0) is 21.9. The first kappa shape index (κ1) is 20.8. The van der Waals surface area contributed by atoms with Crippen molar-refractivity contribution in [1.82, 2.24) is 29.5 Å². The number of piperazine rings is 1. The van der Waals surface area contributed by atoms with Gasteiger partial charge >= 0.3 is 0 Å². The van der Waals surface area contributed by atoms with Gasteiger partial charge in [0.1, 0.15) is 12.7 Å². The number of carbonyl (C=O) groups is 1. The lowest BCUT2D eigenvalue weighted by atomic mass is 10.2. The molecule has 1 amide bonds. The van der Waals surface area contributed by atoms with Gasteiger partial charge in [0.25, 0.3) is 5.91 Å². The van der Waals surface area contributed by atoms with Gasteiger partial charge in [-0.1, -0.05) is 29.8 Å². The molecule has 3 aromatic heterocycles. The van der Waals surface area contributed by atoms with E-state index in [1.807, 2.05) is 23.1 Å². The van der Waals surface area contributed by atoms with Crippen LogP contribution in [0.5, 0.6) is 0 Å². The highest BCUT2D eigenvalue weighted by Gasteiger charge is 2.23. The second kappa shape index (κ2) is 9.20. The fraction of sp³-hybridized carbons (Fsp3) is 0.217. The third-order valence-electron chi connectivity index (χ3n) is 5.49. The van der Waals surface area contributed by atoms with E-state index in [1.165, 1.54) is 16.1 Å². The van der Waals surface area contributed by atoms with Crippen molar-refractivity contribution >= 4 is 28.8 Å². The lowest BCUT2D eigenvalue weighted by Crippen LogP contribution is -2.48. The molecule has 0 saturated carbocycles. The van der Waals surface area contributed by atoms with Gasteiger partial charge in [0.2, 0.25) is 0 Å². The predicted molar refractivity (Wildman–Crippen MR) is 125 cm³/mol. The smallest absolute Gasteiger partial charge is 0.254 e.